The van der Waals surface area contributed by atoms with E-state index in [0.29, 0.717) is 28.6 Å². The van der Waals surface area contributed by atoms with E-state index in [0.717, 1.165) is 0 Å². The number of nitrogens with one attached hydrogen (secondary N) is 1. The average molecular weight is 242 g/mol. The Labute approximate surface area is 98.6 Å². The second kappa shape index (κ2) is 5.65. The van der Waals surface area contributed by atoms with Crippen molar-refractivity contribution in [3.63, 3.8) is 0 Å². The topological polar surface area (TPSA) is 29.1 Å². The second-order valence-corrected chi connectivity index (χ2v) is 3.68. The molecule has 15 heavy (non-hydrogen) atoms. The van der Waals surface area contributed by atoms with E-state index in [1.165, 1.54) is 6.07 Å². The molecule has 0 bridgehead atoms. The Kier molecular flexibility index (Phi) is 4.48. The molecule has 0 fully saturated rings. The molecule has 2 nitrogen and oxygen atoms in total. The Morgan fingerprint density at radius 3 is 2.80 bits per heavy atom. The molecular formula is C11H9Cl2NO. The molecule has 0 radical (unpaired) electrons. The highest BCUT2D eigenvalue weighted by Gasteiger charge is 2.09. The minimum atomic E-state index is -0.244. The van der Waals surface area contributed by atoms with Crippen molar-refractivity contribution >= 4 is 29.1 Å². The van der Waals surface area contributed by atoms with Crippen molar-refractivity contribution < 1.29 is 4.79 Å². The van der Waals surface area contributed by atoms with Crippen molar-refractivity contribution in [2.24, 2.45) is 0 Å². The number of benzene rings is 1. The number of halogens is 2. The van der Waals surface area contributed by atoms with Crippen LogP contribution in [0.5, 0.6) is 0 Å². The molecule has 0 aliphatic rings. The van der Waals surface area contributed by atoms with Crippen LogP contribution in [0.15, 0.2) is 18.2 Å². The quantitative estimate of drug-likeness (QED) is 0.640. The van der Waals surface area contributed by atoms with Gasteiger partial charge in [-0.3, -0.25) is 4.79 Å². The third-order valence-electron chi connectivity index (χ3n) is 1.73. The first-order valence-corrected chi connectivity index (χ1v) is 5.07. The first-order chi connectivity index (χ1) is 7.15. The van der Waals surface area contributed by atoms with Crippen LogP contribution in [-0.4, -0.2) is 12.5 Å². The SMILES string of the molecule is C#CCCNC(=O)c1ccc(Cl)cc1Cl. The molecule has 0 saturated carbocycles. The number of amides is 1. The fourth-order valence-electron chi connectivity index (χ4n) is 1.02. The monoisotopic (exact) mass is 241 g/mol. The van der Waals surface area contributed by atoms with E-state index < -0.39 is 0 Å². The van der Waals surface area contributed by atoms with Gasteiger partial charge in [-0.05, 0) is 18.2 Å². The molecule has 1 aromatic carbocycles. The molecule has 0 aliphatic heterocycles. The van der Waals surface area contributed by atoms with E-state index in [-0.39, 0.29) is 5.91 Å². The van der Waals surface area contributed by atoms with Crippen molar-refractivity contribution in [1.29, 1.82) is 0 Å². The largest absolute Gasteiger partial charge is 0.351 e. The highest BCUT2D eigenvalue weighted by Crippen LogP contribution is 2.20. The highest BCUT2D eigenvalue weighted by molar-refractivity contribution is 6.36. The van der Waals surface area contributed by atoms with Crippen LogP contribution < -0.4 is 5.32 Å². The van der Waals surface area contributed by atoms with Gasteiger partial charge in [0, 0.05) is 18.0 Å². The van der Waals surface area contributed by atoms with Crippen LogP contribution >= 0.6 is 23.2 Å². The lowest BCUT2D eigenvalue weighted by Crippen LogP contribution is -2.24. The summed E-state index contributed by atoms with van der Waals surface area (Å²) in [5.74, 6) is 2.19. The molecule has 1 rings (SSSR count). The zero-order chi connectivity index (χ0) is 11.3. The maximum absolute atomic E-state index is 11.5. The van der Waals surface area contributed by atoms with Crippen LogP contribution in [-0.2, 0) is 0 Å². The molecule has 0 unspecified atom stereocenters. The molecule has 0 aromatic heterocycles. The van der Waals surface area contributed by atoms with E-state index in [1.807, 2.05) is 0 Å². The summed E-state index contributed by atoms with van der Waals surface area (Å²) in [6.07, 6.45) is 5.56. The van der Waals surface area contributed by atoms with Crippen LogP contribution in [0, 0.1) is 12.3 Å². The summed E-state index contributed by atoms with van der Waals surface area (Å²) in [6, 6.07) is 4.72. The molecule has 0 heterocycles. The molecule has 1 amide bonds. The van der Waals surface area contributed by atoms with Gasteiger partial charge in [0.15, 0.2) is 0 Å². The lowest BCUT2D eigenvalue weighted by Gasteiger charge is -2.05. The predicted octanol–water partition coefficient (Wildman–Crippen LogP) is 2.75. The zero-order valence-corrected chi connectivity index (χ0v) is 9.40. The maximum Gasteiger partial charge on any atom is 0.252 e. The third-order valence-corrected chi connectivity index (χ3v) is 2.28. The first kappa shape index (κ1) is 11.9. The van der Waals surface area contributed by atoms with Gasteiger partial charge in [0.2, 0.25) is 0 Å². The fourth-order valence-corrected chi connectivity index (χ4v) is 1.51. The fraction of sp³-hybridized carbons (Fsp3) is 0.182. The molecule has 78 valence electrons. The Bertz CT molecular complexity index is 410. The summed E-state index contributed by atoms with van der Waals surface area (Å²) in [5, 5.41) is 3.49. The molecule has 1 aromatic rings. The van der Waals surface area contributed by atoms with Gasteiger partial charge in [-0.1, -0.05) is 23.2 Å². The molecule has 0 spiro atoms. The minimum Gasteiger partial charge on any atom is -0.351 e. The summed E-state index contributed by atoms with van der Waals surface area (Å²) in [5.41, 5.74) is 0.401. The number of rotatable bonds is 3. The summed E-state index contributed by atoms with van der Waals surface area (Å²) in [4.78, 5) is 11.5. The molecule has 0 atom stereocenters. The molecule has 4 heteroatoms. The summed E-state index contributed by atoms with van der Waals surface area (Å²) >= 11 is 11.6. The van der Waals surface area contributed by atoms with Crippen LogP contribution in [0.1, 0.15) is 16.8 Å². The highest BCUT2D eigenvalue weighted by atomic mass is 35.5. The van der Waals surface area contributed by atoms with Gasteiger partial charge < -0.3 is 5.32 Å². The maximum atomic E-state index is 11.5. The summed E-state index contributed by atoms with van der Waals surface area (Å²) in [6.45, 7) is 0.439. The van der Waals surface area contributed by atoms with E-state index >= 15 is 0 Å². The van der Waals surface area contributed by atoms with Crippen LogP contribution in [0.3, 0.4) is 0 Å². The third kappa shape index (κ3) is 3.47. The van der Waals surface area contributed by atoms with Crippen LogP contribution in [0.2, 0.25) is 10.0 Å². The van der Waals surface area contributed by atoms with Gasteiger partial charge in [0.1, 0.15) is 0 Å². The Morgan fingerprint density at radius 2 is 2.20 bits per heavy atom. The normalized spacial score (nSPS) is 9.40. The molecule has 1 N–H and O–H groups in total. The summed E-state index contributed by atoms with van der Waals surface area (Å²) < 4.78 is 0. The molecular weight excluding hydrogens is 233 g/mol. The Morgan fingerprint density at radius 1 is 1.47 bits per heavy atom. The van der Waals surface area contributed by atoms with E-state index in [1.54, 1.807) is 12.1 Å². The number of hydrogen-bond acceptors (Lipinski definition) is 1. The lowest BCUT2D eigenvalue weighted by molar-refractivity contribution is 0.0954. The van der Waals surface area contributed by atoms with Crippen LogP contribution in [0.4, 0.5) is 0 Å². The minimum absolute atomic E-state index is 0.244. The first-order valence-electron chi connectivity index (χ1n) is 4.32. The predicted molar refractivity (Wildman–Crippen MR) is 62.2 cm³/mol. The van der Waals surface area contributed by atoms with Crippen molar-refractivity contribution in [2.45, 2.75) is 6.42 Å². The number of carbonyl (C=O) groups excluding carboxylic acids is 1. The van der Waals surface area contributed by atoms with Gasteiger partial charge in [0.05, 0.1) is 10.6 Å². The number of carbonyl (C=O) groups is 1. The van der Waals surface area contributed by atoms with Gasteiger partial charge in [-0.25, -0.2) is 0 Å². The van der Waals surface area contributed by atoms with Crippen molar-refractivity contribution in [1.82, 2.24) is 5.32 Å². The number of terminal acetylenes is 1. The van der Waals surface area contributed by atoms with Crippen molar-refractivity contribution in [3.05, 3.63) is 33.8 Å². The number of hydrogen-bond donors (Lipinski definition) is 1. The van der Waals surface area contributed by atoms with E-state index in [4.69, 9.17) is 29.6 Å². The standard InChI is InChI=1S/C11H9Cl2NO/c1-2-3-6-14-11(15)9-5-4-8(12)7-10(9)13/h1,4-5,7H,3,6H2,(H,14,15). The van der Waals surface area contributed by atoms with Gasteiger partial charge in [-0.15, -0.1) is 12.3 Å². The van der Waals surface area contributed by atoms with Crippen molar-refractivity contribution in [2.75, 3.05) is 6.54 Å². The van der Waals surface area contributed by atoms with Crippen LogP contribution in [0.25, 0.3) is 0 Å². The smallest absolute Gasteiger partial charge is 0.252 e. The second-order valence-electron chi connectivity index (χ2n) is 2.83. The lowest BCUT2D eigenvalue weighted by atomic mass is 10.2. The van der Waals surface area contributed by atoms with Gasteiger partial charge >= 0.3 is 0 Å². The van der Waals surface area contributed by atoms with E-state index in [2.05, 4.69) is 11.2 Å². The zero-order valence-electron chi connectivity index (χ0n) is 7.89. The molecule has 0 aliphatic carbocycles. The van der Waals surface area contributed by atoms with E-state index in [9.17, 15) is 4.79 Å². The van der Waals surface area contributed by atoms with Gasteiger partial charge in [0.25, 0.3) is 5.91 Å². The van der Waals surface area contributed by atoms with Gasteiger partial charge in [-0.2, -0.15) is 0 Å². The van der Waals surface area contributed by atoms with Crippen molar-refractivity contribution in [3.8, 4) is 12.3 Å². The Balaban J connectivity index is 2.70. The summed E-state index contributed by atoms with van der Waals surface area (Å²) in [7, 11) is 0. The average Bonchev–Trinajstić information content (AvgIpc) is 2.17. The Hall–Kier alpha value is -1.17. The molecule has 0 saturated heterocycles.